The number of carbonyl (C=O) groups excluding carboxylic acids is 1. The van der Waals surface area contributed by atoms with Crippen molar-refractivity contribution in [3.05, 3.63) is 12.3 Å². The number of nitrogens with one attached hydrogen (secondary N) is 1. The van der Waals surface area contributed by atoms with Crippen LogP contribution in [0.3, 0.4) is 0 Å². The number of aromatic nitrogens is 2. The Balaban J connectivity index is 2.46. The van der Waals surface area contributed by atoms with E-state index in [4.69, 9.17) is 0 Å². The molecule has 0 bridgehead atoms. The minimum absolute atomic E-state index is 0.0795. The van der Waals surface area contributed by atoms with E-state index in [0.29, 0.717) is 6.42 Å². The highest BCUT2D eigenvalue weighted by Gasteiger charge is 2.08. The van der Waals surface area contributed by atoms with Gasteiger partial charge in [0.25, 0.3) is 0 Å². The molecule has 1 amide bonds. The summed E-state index contributed by atoms with van der Waals surface area (Å²) in [5.41, 5.74) is 0. The Labute approximate surface area is 97.0 Å². The number of rotatable bonds is 6. The van der Waals surface area contributed by atoms with Gasteiger partial charge in [-0.2, -0.15) is 5.10 Å². The van der Waals surface area contributed by atoms with Crippen LogP contribution >= 0.6 is 0 Å². The molecule has 1 aromatic heterocycles. The van der Waals surface area contributed by atoms with E-state index in [2.05, 4.69) is 17.3 Å². The third kappa shape index (κ3) is 3.68. The minimum atomic E-state index is 0.0795. The second-order valence-electron chi connectivity index (χ2n) is 4.26. The second kappa shape index (κ2) is 6.30. The van der Waals surface area contributed by atoms with Gasteiger partial charge < -0.3 is 5.32 Å². The average Bonchev–Trinajstić information content (AvgIpc) is 2.66. The lowest BCUT2D eigenvalue weighted by molar-refractivity contribution is -0.116. The van der Waals surface area contributed by atoms with Gasteiger partial charge in [0.05, 0.1) is 6.20 Å². The number of carbonyl (C=O) groups is 1. The summed E-state index contributed by atoms with van der Waals surface area (Å²) in [6.45, 7) is 6.21. The lowest BCUT2D eigenvalue weighted by Crippen LogP contribution is -2.16. The van der Waals surface area contributed by atoms with Crippen molar-refractivity contribution >= 4 is 11.7 Å². The molecule has 1 aromatic rings. The van der Waals surface area contributed by atoms with E-state index in [1.54, 1.807) is 6.20 Å². The van der Waals surface area contributed by atoms with Crippen LogP contribution in [0.1, 0.15) is 52.5 Å². The van der Waals surface area contributed by atoms with Gasteiger partial charge >= 0.3 is 0 Å². The van der Waals surface area contributed by atoms with E-state index in [-0.39, 0.29) is 11.9 Å². The van der Waals surface area contributed by atoms with Gasteiger partial charge in [-0.05, 0) is 20.3 Å². The molecule has 16 heavy (non-hydrogen) atoms. The molecular formula is C12H21N3O. The number of nitrogens with zero attached hydrogens (tertiary/aromatic N) is 2. The molecule has 4 heteroatoms. The summed E-state index contributed by atoms with van der Waals surface area (Å²) < 4.78 is 1.82. The highest BCUT2D eigenvalue weighted by Crippen LogP contribution is 2.13. The fourth-order valence-corrected chi connectivity index (χ4v) is 1.57. The van der Waals surface area contributed by atoms with Crippen LogP contribution in [-0.2, 0) is 4.79 Å². The van der Waals surface area contributed by atoms with Crippen LogP contribution in [0.2, 0.25) is 0 Å². The molecule has 1 heterocycles. The Morgan fingerprint density at radius 2 is 2.25 bits per heavy atom. The lowest BCUT2D eigenvalue weighted by Gasteiger charge is -2.11. The molecule has 0 saturated heterocycles. The van der Waals surface area contributed by atoms with E-state index in [0.717, 1.165) is 25.1 Å². The van der Waals surface area contributed by atoms with Crippen molar-refractivity contribution in [2.24, 2.45) is 0 Å². The predicted molar refractivity (Wildman–Crippen MR) is 65.4 cm³/mol. The molecule has 0 saturated carbocycles. The van der Waals surface area contributed by atoms with Gasteiger partial charge in [0, 0.05) is 18.5 Å². The SMILES string of the molecule is CCCCCC(=O)Nc1ccnn1C(C)C. The van der Waals surface area contributed by atoms with Crippen molar-refractivity contribution < 1.29 is 4.79 Å². The summed E-state index contributed by atoms with van der Waals surface area (Å²) in [4.78, 5) is 11.6. The van der Waals surface area contributed by atoms with Crippen molar-refractivity contribution in [3.63, 3.8) is 0 Å². The summed E-state index contributed by atoms with van der Waals surface area (Å²) in [6, 6.07) is 2.10. The summed E-state index contributed by atoms with van der Waals surface area (Å²) >= 11 is 0. The summed E-state index contributed by atoms with van der Waals surface area (Å²) in [7, 11) is 0. The molecule has 0 radical (unpaired) electrons. The largest absolute Gasteiger partial charge is 0.311 e. The minimum Gasteiger partial charge on any atom is -0.311 e. The molecule has 90 valence electrons. The fourth-order valence-electron chi connectivity index (χ4n) is 1.57. The molecule has 0 aliphatic rings. The number of hydrogen-bond donors (Lipinski definition) is 1. The first-order chi connectivity index (χ1) is 7.65. The maximum Gasteiger partial charge on any atom is 0.225 e. The monoisotopic (exact) mass is 223 g/mol. The first-order valence-corrected chi connectivity index (χ1v) is 5.98. The molecule has 0 aliphatic carbocycles. The Bertz CT molecular complexity index is 331. The van der Waals surface area contributed by atoms with Crippen LogP contribution < -0.4 is 5.32 Å². The lowest BCUT2D eigenvalue weighted by atomic mass is 10.2. The normalized spacial score (nSPS) is 10.8. The second-order valence-corrected chi connectivity index (χ2v) is 4.26. The van der Waals surface area contributed by atoms with Crippen LogP contribution in [0, 0.1) is 0 Å². The zero-order valence-electron chi connectivity index (χ0n) is 10.4. The smallest absolute Gasteiger partial charge is 0.225 e. The Morgan fingerprint density at radius 3 is 2.88 bits per heavy atom. The van der Waals surface area contributed by atoms with Crippen molar-refractivity contribution in [2.45, 2.75) is 52.5 Å². The third-order valence-electron chi connectivity index (χ3n) is 2.43. The van der Waals surface area contributed by atoms with E-state index >= 15 is 0 Å². The first-order valence-electron chi connectivity index (χ1n) is 5.98. The molecule has 1 N–H and O–H groups in total. The Hall–Kier alpha value is -1.32. The Kier molecular flexibility index (Phi) is 5.02. The van der Waals surface area contributed by atoms with Crippen LogP contribution in [0.5, 0.6) is 0 Å². The zero-order valence-corrected chi connectivity index (χ0v) is 10.4. The van der Waals surface area contributed by atoms with Gasteiger partial charge in [0.1, 0.15) is 5.82 Å². The standard InChI is InChI=1S/C12H21N3O/c1-4-5-6-7-12(16)14-11-8-9-13-15(11)10(2)3/h8-10H,4-7H2,1-3H3,(H,14,16). The molecule has 0 spiro atoms. The van der Waals surface area contributed by atoms with E-state index < -0.39 is 0 Å². The Morgan fingerprint density at radius 1 is 1.50 bits per heavy atom. The van der Waals surface area contributed by atoms with Crippen molar-refractivity contribution in [1.82, 2.24) is 9.78 Å². The molecule has 0 aliphatic heterocycles. The number of anilines is 1. The van der Waals surface area contributed by atoms with Gasteiger partial charge in [-0.15, -0.1) is 0 Å². The van der Waals surface area contributed by atoms with E-state index in [1.807, 2.05) is 24.6 Å². The summed E-state index contributed by atoms with van der Waals surface area (Å²) in [5, 5.41) is 7.06. The molecule has 0 aromatic carbocycles. The van der Waals surface area contributed by atoms with Crippen LogP contribution in [-0.4, -0.2) is 15.7 Å². The molecule has 1 rings (SSSR count). The number of hydrogen-bond acceptors (Lipinski definition) is 2. The summed E-state index contributed by atoms with van der Waals surface area (Å²) in [6.07, 6.45) is 5.50. The van der Waals surface area contributed by atoms with E-state index in [1.165, 1.54) is 0 Å². The zero-order chi connectivity index (χ0) is 12.0. The van der Waals surface area contributed by atoms with Gasteiger partial charge in [-0.3, -0.25) is 4.79 Å². The quantitative estimate of drug-likeness (QED) is 0.754. The van der Waals surface area contributed by atoms with Crippen molar-refractivity contribution in [1.29, 1.82) is 0 Å². The topological polar surface area (TPSA) is 46.9 Å². The maximum absolute atomic E-state index is 11.6. The fraction of sp³-hybridized carbons (Fsp3) is 0.667. The highest BCUT2D eigenvalue weighted by atomic mass is 16.1. The molecule has 0 atom stereocenters. The van der Waals surface area contributed by atoms with Gasteiger partial charge in [0.2, 0.25) is 5.91 Å². The third-order valence-corrected chi connectivity index (χ3v) is 2.43. The molecular weight excluding hydrogens is 202 g/mol. The van der Waals surface area contributed by atoms with E-state index in [9.17, 15) is 4.79 Å². The van der Waals surface area contributed by atoms with Crippen molar-refractivity contribution in [3.8, 4) is 0 Å². The van der Waals surface area contributed by atoms with Gasteiger partial charge in [-0.1, -0.05) is 19.8 Å². The highest BCUT2D eigenvalue weighted by molar-refractivity contribution is 5.89. The van der Waals surface area contributed by atoms with Gasteiger partial charge in [-0.25, -0.2) is 4.68 Å². The maximum atomic E-state index is 11.6. The number of unbranched alkanes of at least 4 members (excludes halogenated alkanes) is 2. The molecule has 4 nitrogen and oxygen atoms in total. The first kappa shape index (κ1) is 12.7. The predicted octanol–water partition coefficient (Wildman–Crippen LogP) is 2.98. The van der Waals surface area contributed by atoms with Crippen LogP contribution in [0.25, 0.3) is 0 Å². The van der Waals surface area contributed by atoms with Crippen LogP contribution in [0.4, 0.5) is 5.82 Å². The number of amides is 1. The average molecular weight is 223 g/mol. The van der Waals surface area contributed by atoms with Gasteiger partial charge in [0.15, 0.2) is 0 Å². The van der Waals surface area contributed by atoms with Crippen molar-refractivity contribution in [2.75, 3.05) is 5.32 Å². The summed E-state index contributed by atoms with van der Waals surface area (Å²) in [5.74, 6) is 0.868. The van der Waals surface area contributed by atoms with Crippen LogP contribution in [0.15, 0.2) is 12.3 Å². The molecule has 0 fully saturated rings. The molecule has 0 unspecified atom stereocenters.